The molecule has 0 aliphatic rings. The Bertz CT molecular complexity index is 342. The zero-order valence-electron chi connectivity index (χ0n) is 13.1. The SMILES string of the molecule is CC(C)OCC(O)CN(CCN(C)C)Cc1ccsc1. The largest absolute Gasteiger partial charge is 0.389 e. The normalized spacial score (nSPS) is 13.6. The molecule has 116 valence electrons. The highest BCUT2D eigenvalue weighted by Crippen LogP contribution is 2.10. The van der Waals surface area contributed by atoms with E-state index in [0.29, 0.717) is 13.2 Å². The first-order chi connectivity index (χ1) is 9.47. The van der Waals surface area contributed by atoms with Crippen molar-refractivity contribution in [3.8, 4) is 0 Å². The Balaban J connectivity index is 2.44. The monoisotopic (exact) mass is 300 g/mol. The zero-order valence-corrected chi connectivity index (χ0v) is 13.9. The molecule has 0 radical (unpaired) electrons. The third kappa shape index (κ3) is 7.97. The number of rotatable bonds is 10. The smallest absolute Gasteiger partial charge is 0.0900 e. The van der Waals surface area contributed by atoms with E-state index in [0.717, 1.165) is 19.6 Å². The van der Waals surface area contributed by atoms with Gasteiger partial charge in [0.05, 0.1) is 18.8 Å². The standard InChI is InChI=1S/C15H28N2O2S/c1-13(2)19-11-15(18)10-17(7-6-16(3)4)9-14-5-8-20-12-14/h5,8,12-13,15,18H,6-7,9-11H2,1-4H3. The summed E-state index contributed by atoms with van der Waals surface area (Å²) in [4.78, 5) is 4.45. The second-order valence-electron chi connectivity index (χ2n) is 5.71. The van der Waals surface area contributed by atoms with Crippen LogP contribution in [0.4, 0.5) is 0 Å². The third-order valence-corrected chi connectivity index (χ3v) is 3.67. The topological polar surface area (TPSA) is 35.9 Å². The number of aliphatic hydroxyl groups excluding tert-OH is 1. The first kappa shape index (κ1) is 17.6. The van der Waals surface area contributed by atoms with E-state index >= 15 is 0 Å². The van der Waals surface area contributed by atoms with Crippen LogP contribution in [0.15, 0.2) is 16.8 Å². The zero-order chi connectivity index (χ0) is 15.0. The Hall–Kier alpha value is -0.460. The fourth-order valence-electron chi connectivity index (χ4n) is 1.87. The van der Waals surface area contributed by atoms with Crippen LogP contribution >= 0.6 is 11.3 Å². The molecule has 1 rings (SSSR count). The van der Waals surface area contributed by atoms with Crippen molar-refractivity contribution < 1.29 is 9.84 Å². The lowest BCUT2D eigenvalue weighted by Gasteiger charge is -2.26. The molecule has 1 atom stereocenters. The van der Waals surface area contributed by atoms with Crippen LogP contribution in [0.3, 0.4) is 0 Å². The fourth-order valence-corrected chi connectivity index (χ4v) is 2.53. The van der Waals surface area contributed by atoms with Crippen LogP contribution < -0.4 is 0 Å². The van der Waals surface area contributed by atoms with E-state index < -0.39 is 6.10 Å². The van der Waals surface area contributed by atoms with Crippen LogP contribution in [-0.4, -0.2) is 67.5 Å². The Kier molecular flexibility index (Phi) is 8.33. The van der Waals surface area contributed by atoms with Crippen LogP contribution in [0.5, 0.6) is 0 Å². The number of hydrogen-bond acceptors (Lipinski definition) is 5. The van der Waals surface area contributed by atoms with Crippen LogP contribution in [0.1, 0.15) is 19.4 Å². The van der Waals surface area contributed by atoms with Gasteiger partial charge in [-0.3, -0.25) is 4.90 Å². The van der Waals surface area contributed by atoms with Gasteiger partial charge in [-0.25, -0.2) is 0 Å². The molecule has 0 fully saturated rings. The van der Waals surface area contributed by atoms with Crippen molar-refractivity contribution in [2.45, 2.75) is 32.6 Å². The van der Waals surface area contributed by atoms with Gasteiger partial charge in [-0.15, -0.1) is 0 Å². The average molecular weight is 300 g/mol. The van der Waals surface area contributed by atoms with Crippen molar-refractivity contribution in [1.82, 2.24) is 9.80 Å². The van der Waals surface area contributed by atoms with E-state index in [-0.39, 0.29) is 6.10 Å². The lowest BCUT2D eigenvalue weighted by atomic mass is 10.2. The molecule has 0 amide bonds. The van der Waals surface area contributed by atoms with Crippen LogP contribution in [0.25, 0.3) is 0 Å². The summed E-state index contributed by atoms with van der Waals surface area (Å²) < 4.78 is 5.48. The van der Waals surface area contributed by atoms with Crippen molar-refractivity contribution in [3.63, 3.8) is 0 Å². The lowest BCUT2D eigenvalue weighted by Crippen LogP contribution is -2.38. The van der Waals surface area contributed by atoms with Crippen molar-refractivity contribution in [3.05, 3.63) is 22.4 Å². The minimum Gasteiger partial charge on any atom is -0.389 e. The van der Waals surface area contributed by atoms with E-state index in [1.807, 2.05) is 13.8 Å². The molecule has 1 N–H and O–H groups in total. The average Bonchev–Trinajstić information content (AvgIpc) is 2.86. The Morgan fingerprint density at radius 2 is 2.05 bits per heavy atom. The molecule has 1 heterocycles. The molecule has 0 aliphatic carbocycles. The summed E-state index contributed by atoms with van der Waals surface area (Å²) in [5.74, 6) is 0. The van der Waals surface area contributed by atoms with Gasteiger partial charge in [0.25, 0.3) is 0 Å². The van der Waals surface area contributed by atoms with E-state index in [4.69, 9.17) is 4.74 Å². The first-order valence-corrected chi connectivity index (χ1v) is 8.09. The van der Waals surface area contributed by atoms with Gasteiger partial charge in [-0.2, -0.15) is 11.3 Å². The molecule has 0 spiro atoms. The maximum Gasteiger partial charge on any atom is 0.0900 e. The van der Waals surface area contributed by atoms with Gasteiger partial charge >= 0.3 is 0 Å². The molecule has 0 saturated carbocycles. The number of likely N-dealkylation sites (N-methyl/N-ethyl adjacent to an activating group) is 1. The van der Waals surface area contributed by atoms with Crippen LogP contribution in [0.2, 0.25) is 0 Å². The highest BCUT2D eigenvalue weighted by molar-refractivity contribution is 7.07. The number of ether oxygens (including phenoxy) is 1. The number of aliphatic hydroxyl groups is 1. The predicted molar refractivity (Wildman–Crippen MR) is 85.2 cm³/mol. The second-order valence-corrected chi connectivity index (χ2v) is 6.49. The molecular formula is C15H28N2O2S. The fraction of sp³-hybridized carbons (Fsp3) is 0.733. The summed E-state index contributed by atoms with van der Waals surface area (Å²) in [6.45, 7) is 7.85. The summed E-state index contributed by atoms with van der Waals surface area (Å²) in [6.07, 6.45) is -0.269. The van der Waals surface area contributed by atoms with Gasteiger partial charge in [0.2, 0.25) is 0 Å². The number of hydrogen-bond donors (Lipinski definition) is 1. The summed E-state index contributed by atoms with van der Waals surface area (Å²) in [7, 11) is 4.14. The Morgan fingerprint density at radius 1 is 1.30 bits per heavy atom. The molecule has 5 heteroatoms. The summed E-state index contributed by atoms with van der Waals surface area (Å²) >= 11 is 1.71. The maximum absolute atomic E-state index is 10.1. The highest BCUT2D eigenvalue weighted by Gasteiger charge is 2.13. The summed E-state index contributed by atoms with van der Waals surface area (Å²) in [5.41, 5.74) is 1.31. The van der Waals surface area contributed by atoms with E-state index in [1.165, 1.54) is 5.56 Å². The molecule has 20 heavy (non-hydrogen) atoms. The van der Waals surface area contributed by atoms with E-state index in [9.17, 15) is 5.11 Å². The quantitative estimate of drug-likeness (QED) is 0.716. The molecule has 0 aliphatic heterocycles. The maximum atomic E-state index is 10.1. The van der Waals surface area contributed by atoms with Crippen molar-refractivity contribution >= 4 is 11.3 Å². The van der Waals surface area contributed by atoms with Gasteiger partial charge < -0.3 is 14.7 Å². The molecule has 0 aromatic carbocycles. The molecule has 0 saturated heterocycles. The molecule has 1 aromatic rings. The summed E-state index contributed by atoms with van der Waals surface area (Å²) in [6, 6.07) is 2.14. The van der Waals surface area contributed by atoms with Crippen LogP contribution in [0, 0.1) is 0 Å². The Morgan fingerprint density at radius 3 is 2.60 bits per heavy atom. The minimum atomic E-state index is -0.432. The highest BCUT2D eigenvalue weighted by atomic mass is 32.1. The van der Waals surface area contributed by atoms with Crippen molar-refractivity contribution in [2.75, 3.05) is 40.3 Å². The van der Waals surface area contributed by atoms with Crippen molar-refractivity contribution in [2.24, 2.45) is 0 Å². The molecule has 4 nitrogen and oxygen atoms in total. The van der Waals surface area contributed by atoms with Gasteiger partial charge in [0.15, 0.2) is 0 Å². The van der Waals surface area contributed by atoms with E-state index in [1.54, 1.807) is 11.3 Å². The van der Waals surface area contributed by atoms with Gasteiger partial charge in [-0.1, -0.05) is 0 Å². The predicted octanol–water partition coefficient (Wildman–Crippen LogP) is 1.90. The molecular weight excluding hydrogens is 272 g/mol. The van der Waals surface area contributed by atoms with Gasteiger partial charge in [0.1, 0.15) is 0 Å². The van der Waals surface area contributed by atoms with Crippen molar-refractivity contribution in [1.29, 1.82) is 0 Å². The lowest BCUT2D eigenvalue weighted by molar-refractivity contribution is -0.0100. The summed E-state index contributed by atoms with van der Waals surface area (Å²) in [5, 5.41) is 14.3. The minimum absolute atomic E-state index is 0.164. The third-order valence-electron chi connectivity index (χ3n) is 2.94. The molecule has 0 bridgehead atoms. The molecule has 1 unspecified atom stereocenters. The first-order valence-electron chi connectivity index (χ1n) is 7.15. The van der Waals surface area contributed by atoms with E-state index in [2.05, 4.69) is 40.7 Å². The Labute approximate surface area is 127 Å². The number of nitrogens with zero attached hydrogens (tertiary/aromatic N) is 2. The van der Waals surface area contributed by atoms with Gasteiger partial charge in [0, 0.05) is 26.2 Å². The second kappa shape index (κ2) is 9.47. The molecule has 1 aromatic heterocycles. The number of thiophene rings is 1. The van der Waals surface area contributed by atoms with Gasteiger partial charge in [-0.05, 0) is 50.3 Å². The van der Waals surface area contributed by atoms with Crippen LogP contribution in [-0.2, 0) is 11.3 Å².